The molecule has 0 bridgehead atoms. The maximum Gasteiger partial charge on any atom is 0.0771 e. The Hall–Kier alpha value is -0.120. The van der Waals surface area contributed by atoms with Gasteiger partial charge in [0.05, 0.1) is 5.60 Å². The minimum absolute atomic E-state index is 0.420. The molecule has 17 heavy (non-hydrogen) atoms. The molecule has 1 saturated heterocycles. The molecule has 3 heteroatoms. The highest BCUT2D eigenvalue weighted by molar-refractivity contribution is 4.85. The van der Waals surface area contributed by atoms with E-state index in [4.69, 9.17) is 0 Å². The second-order valence-electron chi connectivity index (χ2n) is 5.90. The number of rotatable bonds is 3. The van der Waals surface area contributed by atoms with Crippen molar-refractivity contribution in [2.24, 2.45) is 0 Å². The van der Waals surface area contributed by atoms with E-state index in [0.717, 1.165) is 32.5 Å². The van der Waals surface area contributed by atoms with Crippen molar-refractivity contribution in [1.82, 2.24) is 10.6 Å². The first-order chi connectivity index (χ1) is 8.29. The molecule has 1 aliphatic carbocycles. The van der Waals surface area contributed by atoms with Crippen LogP contribution in [0.5, 0.6) is 0 Å². The fourth-order valence-electron chi connectivity index (χ4n) is 3.12. The fourth-order valence-corrected chi connectivity index (χ4v) is 3.12. The van der Waals surface area contributed by atoms with Gasteiger partial charge in [-0.3, -0.25) is 0 Å². The van der Waals surface area contributed by atoms with E-state index < -0.39 is 5.60 Å². The molecule has 1 saturated carbocycles. The predicted molar refractivity (Wildman–Crippen MR) is 71.2 cm³/mol. The third kappa shape index (κ3) is 4.57. The Balaban J connectivity index is 1.74. The van der Waals surface area contributed by atoms with E-state index >= 15 is 0 Å². The average molecular weight is 240 g/mol. The smallest absolute Gasteiger partial charge is 0.0771 e. The van der Waals surface area contributed by atoms with E-state index in [1.807, 2.05) is 0 Å². The van der Waals surface area contributed by atoms with Gasteiger partial charge in [0, 0.05) is 12.6 Å². The lowest BCUT2D eigenvalue weighted by atomic mass is 9.94. The van der Waals surface area contributed by atoms with Gasteiger partial charge < -0.3 is 15.7 Å². The molecule has 1 aliphatic heterocycles. The minimum atomic E-state index is -0.420. The first kappa shape index (κ1) is 13.3. The lowest BCUT2D eigenvalue weighted by Crippen LogP contribution is -2.44. The van der Waals surface area contributed by atoms with Crippen molar-refractivity contribution in [3.05, 3.63) is 0 Å². The molecular formula is C14H28N2O. The molecule has 0 spiro atoms. The quantitative estimate of drug-likeness (QED) is 0.659. The molecule has 3 nitrogen and oxygen atoms in total. The largest absolute Gasteiger partial charge is 0.389 e. The van der Waals surface area contributed by atoms with Crippen molar-refractivity contribution in [3.63, 3.8) is 0 Å². The molecule has 3 N–H and O–H groups in total. The van der Waals surface area contributed by atoms with Crippen LogP contribution in [0.4, 0.5) is 0 Å². The maximum absolute atomic E-state index is 10.6. The summed E-state index contributed by atoms with van der Waals surface area (Å²) >= 11 is 0. The van der Waals surface area contributed by atoms with Gasteiger partial charge in [-0.2, -0.15) is 0 Å². The Kier molecular flexibility index (Phi) is 5.26. The molecule has 1 heterocycles. The predicted octanol–water partition coefficient (Wildman–Crippen LogP) is 1.80. The summed E-state index contributed by atoms with van der Waals surface area (Å²) in [5.41, 5.74) is -0.420. The second-order valence-corrected chi connectivity index (χ2v) is 5.90. The van der Waals surface area contributed by atoms with Gasteiger partial charge in [0.2, 0.25) is 0 Å². The van der Waals surface area contributed by atoms with Crippen molar-refractivity contribution >= 4 is 0 Å². The number of aliphatic hydroxyl groups is 1. The van der Waals surface area contributed by atoms with Gasteiger partial charge in [-0.1, -0.05) is 25.7 Å². The summed E-state index contributed by atoms with van der Waals surface area (Å²) < 4.78 is 0. The van der Waals surface area contributed by atoms with Crippen molar-refractivity contribution in [2.75, 3.05) is 19.6 Å². The molecule has 0 radical (unpaired) electrons. The summed E-state index contributed by atoms with van der Waals surface area (Å²) in [5, 5.41) is 17.6. The van der Waals surface area contributed by atoms with E-state index in [0.29, 0.717) is 6.04 Å². The van der Waals surface area contributed by atoms with Gasteiger partial charge in [-0.15, -0.1) is 0 Å². The monoisotopic (exact) mass is 240 g/mol. The Bertz CT molecular complexity index is 204. The summed E-state index contributed by atoms with van der Waals surface area (Å²) in [7, 11) is 0. The van der Waals surface area contributed by atoms with Crippen molar-refractivity contribution < 1.29 is 5.11 Å². The Morgan fingerprint density at radius 3 is 2.53 bits per heavy atom. The Morgan fingerprint density at radius 1 is 1.00 bits per heavy atom. The number of nitrogens with one attached hydrogen (secondary N) is 2. The molecule has 1 atom stereocenters. The highest BCUT2D eigenvalue weighted by Crippen LogP contribution is 2.26. The number of hydrogen-bond acceptors (Lipinski definition) is 3. The number of hydrogen-bond donors (Lipinski definition) is 3. The highest BCUT2D eigenvalue weighted by atomic mass is 16.3. The summed E-state index contributed by atoms with van der Waals surface area (Å²) in [6.07, 6.45) is 10.7. The molecule has 2 rings (SSSR count). The van der Waals surface area contributed by atoms with Crippen LogP contribution in [0.15, 0.2) is 0 Å². The first-order valence-electron chi connectivity index (χ1n) is 7.45. The van der Waals surface area contributed by atoms with Crippen LogP contribution < -0.4 is 10.6 Å². The van der Waals surface area contributed by atoms with E-state index in [9.17, 15) is 5.11 Å². The molecule has 1 unspecified atom stereocenters. The standard InChI is InChI=1S/C14H28N2O/c17-14(8-3-1-2-4-9-14)12-16-13-6-5-10-15-11-7-13/h13,15-17H,1-12H2. The Labute approximate surface area is 105 Å². The molecule has 2 aliphatic rings. The lowest BCUT2D eigenvalue weighted by molar-refractivity contribution is 0.0223. The summed E-state index contributed by atoms with van der Waals surface area (Å²) in [5.74, 6) is 0. The Morgan fingerprint density at radius 2 is 1.76 bits per heavy atom. The van der Waals surface area contributed by atoms with Gasteiger partial charge in [0.15, 0.2) is 0 Å². The van der Waals surface area contributed by atoms with E-state index in [-0.39, 0.29) is 0 Å². The minimum Gasteiger partial charge on any atom is -0.389 e. The maximum atomic E-state index is 10.6. The van der Waals surface area contributed by atoms with Gasteiger partial charge in [-0.25, -0.2) is 0 Å². The molecular weight excluding hydrogens is 212 g/mol. The van der Waals surface area contributed by atoms with Crippen molar-refractivity contribution in [2.45, 2.75) is 69.4 Å². The molecule has 0 amide bonds. The van der Waals surface area contributed by atoms with Crippen LogP contribution in [0.1, 0.15) is 57.8 Å². The third-order valence-corrected chi connectivity index (χ3v) is 4.33. The van der Waals surface area contributed by atoms with Crippen LogP contribution >= 0.6 is 0 Å². The van der Waals surface area contributed by atoms with E-state index in [1.165, 1.54) is 44.9 Å². The van der Waals surface area contributed by atoms with Gasteiger partial charge >= 0.3 is 0 Å². The first-order valence-corrected chi connectivity index (χ1v) is 7.45. The zero-order valence-corrected chi connectivity index (χ0v) is 11.0. The fraction of sp³-hybridized carbons (Fsp3) is 1.00. The van der Waals surface area contributed by atoms with Crippen molar-refractivity contribution in [1.29, 1.82) is 0 Å². The van der Waals surface area contributed by atoms with Gasteiger partial charge in [-0.05, 0) is 45.2 Å². The van der Waals surface area contributed by atoms with Crippen LogP contribution in [-0.2, 0) is 0 Å². The normalized spacial score (nSPS) is 30.5. The summed E-state index contributed by atoms with van der Waals surface area (Å²) in [4.78, 5) is 0. The van der Waals surface area contributed by atoms with Crippen LogP contribution in [-0.4, -0.2) is 36.4 Å². The van der Waals surface area contributed by atoms with Gasteiger partial charge in [0.1, 0.15) is 0 Å². The molecule has 100 valence electrons. The zero-order chi connectivity index (χ0) is 12.0. The molecule has 0 aromatic heterocycles. The SMILES string of the molecule is OC1(CNC2CCCNCC2)CCCCCC1. The van der Waals surface area contributed by atoms with Crippen LogP contribution in [0.25, 0.3) is 0 Å². The van der Waals surface area contributed by atoms with Gasteiger partial charge in [0.25, 0.3) is 0 Å². The zero-order valence-electron chi connectivity index (χ0n) is 11.0. The second kappa shape index (κ2) is 6.72. The van der Waals surface area contributed by atoms with Crippen molar-refractivity contribution in [3.8, 4) is 0 Å². The van der Waals surface area contributed by atoms with Crippen LogP contribution in [0.2, 0.25) is 0 Å². The van der Waals surface area contributed by atoms with Crippen LogP contribution in [0, 0.1) is 0 Å². The van der Waals surface area contributed by atoms with E-state index in [1.54, 1.807) is 0 Å². The summed E-state index contributed by atoms with van der Waals surface area (Å²) in [6.45, 7) is 3.08. The third-order valence-electron chi connectivity index (χ3n) is 4.33. The van der Waals surface area contributed by atoms with Crippen LogP contribution in [0.3, 0.4) is 0 Å². The molecule has 0 aromatic rings. The van der Waals surface area contributed by atoms with E-state index in [2.05, 4.69) is 10.6 Å². The lowest BCUT2D eigenvalue weighted by Gasteiger charge is -2.29. The topological polar surface area (TPSA) is 44.3 Å². The summed E-state index contributed by atoms with van der Waals surface area (Å²) in [6, 6.07) is 0.609. The molecule has 2 fully saturated rings. The molecule has 0 aromatic carbocycles. The highest BCUT2D eigenvalue weighted by Gasteiger charge is 2.28. The average Bonchev–Trinajstić information content (AvgIpc) is 2.69.